The van der Waals surface area contributed by atoms with E-state index in [2.05, 4.69) is 128 Å². The van der Waals surface area contributed by atoms with Crippen LogP contribution >= 0.6 is 0 Å². The molecule has 59 heavy (non-hydrogen) atoms. The lowest BCUT2D eigenvalue weighted by Crippen LogP contribution is -2.14. The second-order valence-corrected chi connectivity index (χ2v) is 16.0. The molecule has 1 aliphatic carbocycles. The molecule has 12 rings (SSSR count). The predicted molar refractivity (Wildman–Crippen MR) is 241 cm³/mol. The van der Waals surface area contributed by atoms with Crippen molar-refractivity contribution in [1.82, 2.24) is 19.5 Å². The minimum atomic E-state index is -0.0942. The molecule has 11 aromatic rings. The highest BCUT2D eigenvalue weighted by Crippen LogP contribution is 2.51. The lowest BCUT2D eigenvalue weighted by Gasteiger charge is -2.21. The minimum absolute atomic E-state index is 0.0942. The van der Waals surface area contributed by atoms with Crippen molar-refractivity contribution >= 4 is 43.7 Å². The summed E-state index contributed by atoms with van der Waals surface area (Å²) in [5.74, 6) is 1.86. The van der Waals surface area contributed by atoms with Gasteiger partial charge in [-0.1, -0.05) is 141 Å². The first-order valence-corrected chi connectivity index (χ1v) is 20.1. The molecule has 0 saturated carbocycles. The number of furan rings is 1. The molecule has 0 aliphatic heterocycles. The second kappa shape index (κ2) is 12.7. The summed E-state index contributed by atoms with van der Waals surface area (Å²) in [5, 5.41) is 4.46. The van der Waals surface area contributed by atoms with Crippen molar-refractivity contribution in [2.75, 3.05) is 0 Å². The van der Waals surface area contributed by atoms with E-state index < -0.39 is 0 Å². The molecule has 0 spiro atoms. The van der Waals surface area contributed by atoms with Gasteiger partial charge in [-0.25, -0.2) is 15.0 Å². The fourth-order valence-corrected chi connectivity index (χ4v) is 9.37. The van der Waals surface area contributed by atoms with E-state index in [9.17, 15) is 0 Å². The number of nitrogens with zero attached hydrogens (tertiary/aromatic N) is 4. The zero-order valence-electron chi connectivity index (χ0n) is 32.5. The standard InChI is InChI=1S/C54H36N4O/c1-54(2)44-23-13-12-21-38(44)41-31-43-42-29-35(26-28-46(42)58(47(43)32-45(41)54)37-19-10-5-11-20-37)36-25-27-39-49(30-36)59-48-24-14-22-40(50(39)48)53-56-51(33-15-6-3-7-16-33)55-52(57-53)34-17-8-4-9-18-34/h3-32H,1-2H3. The van der Waals surface area contributed by atoms with Gasteiger partial charge in [-0.3, -0.25) is 0 Å². The Balaban J connectivity index is 1.02. The van der Waals surface area contributed by atoms with E-state index in [1.54, 1.807) is 0 Å². The van der Waals surface area contributed by atoms with Gasteiger partial charge in [0.1, 0.15) is 11.2 Å². The molecular formula is C54H36N4O. The van der Waals surface area contributed by atoms with Gasteiger partial charge >= 0.3 is 0 Å². The molecule has 3 heterocycles. The fraction of sp³-hybridized carbons (Fsp3) is 0.0556. The summed E-state index contributed by atoms with van der Waals surface area (Å²) in [6, 6.07) is 64.2. The number of para-hydroxylation sites is 1. The molecule has 8 aromatic carbocycles. The zero-order chi connectivity index (χ0) is 39.2. The van der Waals surface area contributed by atoms with Crippen LogP contribution in [0, 0.1) is 0 Å². The van der Waals surface area contributed by atoms with Crippen LogP contribution in [0.3, 0.4) is 0 Å². The number of hydrogen-bond acceptors (Lipinski definition) is 4. The number of aromatic nitrogens is 4. The van der Waals surface area contributed by atoms with Crippen molar-refractivity contribution < 1.29 is 4.42 Å². The number of fused-ring (bicyclic) bond motifs is 9. The third-order valence-electron chi connectivity index (χ3n) is 12.3. The molecule has 5 nitrogen and oxygen atoms in total. The molecule has 0 N–H and O–H groups in total. The zero-order valence-corrected chi connectivity index (χ0v) is 32.5. The van der Waals surface area contributed by atoms with Crippen LogP contribution in [0.4, 0.5) is 0 Å². The summed E-state index contributed by atoms with van der Waals surface area (Å²) >= 11 is 0. The van der Waals surface area contributed by atoms with E-state index in [1.165, 1.54) is 44.1 Å². The molecule has 5 heteroatoms. The monoisotopic (exact) mass is 756 g/mol. The fourth-order valence-electron chi connectivity index (χ4n) is 9.37. The van der Waals surface area contributed by atoms with Gasteiger partial charge in [-0.05, 0) is 88.0 Å². The Kier molecular flexibility index (Phi) is 7.20. The van der Waals surface area contributed by atoms with Crippen LogP contribution in [0.5, 0.6) is 0 Å². The highest BCUT2D eigenvalue weighted by atomic mass is 16.3. The lowest BCUT2D eigenvalue weighted by atomic mass is 9.82. The molecule has 0 radical (unpaired) electrons. The van der Waals surface area contributed by atoms with Crippen LogP contribution in [-0.2, 0) is 5.41 Å². The number of benzene rings is 8. The summed E-state index contributed by atoms with van der Waals surface area (Å²) in [6.45, 7) is 4.70. The molecule has 0 unspecified atom stereocenters. The lowest BCUT2D eigenvalue weighted by molar-refractivity contribution is 0.661. The maximum Gasteiger partial charge on any atom is 0.164 e. The normalized spacial score (nSPS) is 13.1. The summed E-state index contributed by atoms with van der Waals surface area (Å²) in [5.41, 5.74) is 15.4. The Labute approximate surface area is 340 Å². The van der Waals surface area contributed by atoms with Gasteiger partial charge in [0.25, 0.3) is 0 Å². The summed E-state index contributed by atoms with van der Waals surface area (Å²) in [6.07, 6.45) is 0. The van der Waals surface area contributed by atoms with Crippen molar-refractivity contribution in [3.8, 4) is 62.1 Å². The maximum atomic E-state index is 6.65. The smallest absolute Gasteiger partial charge is 0.164 e. The largest absolute Gasteiger partial charge is 0.456 e. The molecule has 1 aliphatic rings. The Bertz CT molecular complexity index is 3400. The van der Waals surface area contributed by atoms with Gasteiger partial charge in [-0.2, -0.15) is 0 Å². The van der Waals surface area contributed by atoms with Gasteiger partial charge in [0.2, 0.25) is 0 Å². The molecule has 278 valence electrons. The first-order chi connectivity index (χ1) is 29.0. The van der Waals surface area contributed by atoms with Crippen LogP contribution in [-0.4, -0.2) is 19.5 Å². The van der Waals surface area contributed by atoms with Gasteiger partial charge in [0, 0.05) is 49.3 Å². The Morgan fingerprint density at radius 2 is 1.02 bits per heavy atom. The highest BCUT2D eigenvalue weighted by Gasteiger charge is 2.36. The third kappa shape index (κ3) is 5.14. The van der Waals surface area contributed by atoms with Crippen LogP contribution in [0.25, 0.3) is 106 Å². The van der Waals surface area contributed by atoms with Gasteiger partial charge in [-0.15, -0.1) is 0 Å². The first-order valence-electron chi connectivity index (χ1n) is 20.1. The molecule has 0 bridgehead atoms. The minimum Gasteiger partial charge on any atom is -0.456 e. The van der Waals surface area contributed by atoms with Crippen LogP contribution in [0.1, 0.15) is 25.0 Å². The highest BCUT2D eigenvalue weighted by molar-refractivity contribution is 6.14. The van der Waals surface area contributed by atoms with Crippen molar-refractivity contribution in [2.24, 2.45) is 0 Å². The van der Waals surface area contributed by atoms with Gasteiger partial charge in [0.05, 0.1) is 11.0 Å². The van der Waals surface area contributed by atoms with E-state index in [-0.39, 0.29) is 5.41 Å². The molecule has 0 amide bonds. The summed E-state index contributed by atoms with van der Waals surface area (Å²) < 4.78 is 9.08. The van der Waals surface area contributed by atoms with Crippen molar-refractivity contribution in [3.05, 3.63) is 193 Å². The average Bonchev–Trinajstić information content (AvgIpc) is 3.91. The molecule has 0 saturated heterocycles. The van der Waals surface area contributed by atoms with E-state index >= 15 is 0 Å². The SMILES string of the molecule is CC1(C)c2ccccc2-c2cc3c4cc(-c5ccc6c(c5)oc5cccc(-c7nc(-c8ccccc8)nc(-c8ccccc8)n7)c56)ccc4n(-c4ccccc4)c3cc21. The third-order valence-corrected chi connectivity index (χ3v) is 12.3. The predicted octanol–water partition coefficient (Wildman–Crippen LogP) is 13.8. The Morgan fingerprint density at radius 1 is 0.407 bits per heavy atom. The molecule has 0 atom stereocenters. The maximum absolute atomic E-state index is 6.65. The van der Waals surface area contributed by atoms with Crippen LogP contribution in [0.15, 0.2) is 186 Å². The van der Waals surface area contributed by atoms with Gasteiger partial charge in [0.15, 0.2) is 17.5 Å². The number of rotatable bonds is 5. The number of hydrogen-bond donors (Lipinski definition) is 0. The molecule has 3 aromatic heterocycles. The quantitative estimate of drug-likeness (QED) is 0.175. The Hall–Kier alpha value is -7.63. The second-order valence-electron chi connectivity index (χ2n) is 16.0. The van der Waals surface area contributed by atoms with E-state index in [4.69, 9.17) is 19.4 Å². The van der Waals surface area contributed by atoms with Gasteiger partial charge < -0.3 is 8.98 Å². The van der Waals surface area contributed by atoms with Crippen molar-refractivity contribution in [2.45, 2.75) is 19.3 Å². The average molecular weight is 757 g/mol. The van der Waals surface area contributed by atoms with Crippen molar-refractivity contribution in [1.29, 1.82) is 0 Å². The van der Waals surface area contributed by atoms with Crippen LogP contribution < -0.4 is 0 Å². The first kappa shape index (κ1) is 33.5. The summed E-state index contributed by atoms with van der Waals surface area (Å²) in [4.78, 5) is 15.0. The van der Waals surface area contributed by atoms with E-state index in [0.717, 1.165) is 55.4 Å². The van der Waals surface area contributed by atoms with E-state index in [0.29, 0.717) is 17.5 Å². The Morgan fingerprint density at radius 3 is 1.76 bits per heavy atom. The van der Waals surface area contributed by atoms with Crippen molar-refractivity contribution in [3.63, 3.8) is 0 Å². The van der Waals surface area contributed by atoms with Crippen LogP contribution in [0.2, 0.25) is 0 Å². The van der Waals surface area contributed by atoms with E-state index in [1.807, 2.05) is 72.8 Å². The molecular weight excluding hydrogens is 721 g/mol. The molecule has 0 fully saturated rings. The topological polar surface area (TPSA) is 56.7 Å². The summed E-state index contributed by atoms with van der Waals surface area (Å²) in [7, 11) is 0.